The lowest BCUT2D eigenvalue weighted by atomic mass is 10.2. The van der Waals surface area contributed by atoms with Crippen LogP contribution in [0.2, 0.25) is 0 Å². The van der Waals surface area contributed by atoms with Crippen molar-refractivity contribution in [1.82, 2.24) is 15.1 Å². The first-order valence-electron chi connectivity index (χ1n) is 8.30. The Hall–Kier alpha value is -1.30. The molecule has 2 rings (SSSR count). The van der Waals surface area contributed by atoms with Crippen molar-refractivity contribution in [3.05, 3.63) is 0 Å². The number of rotatable bonds is 4. The minimum absolute atomic E-state index is 0.0950. The summed E-state index contributed by atoms with van der Waals surface area (Å²) in [7, 11) is 0. The number of carbonyl (C=O) groups is 2. The van der Waals surface area contributed by atoms with E-state index in [1.54, 1.807) is 4.90 Å². The smallest absolute Gasteiger partial charge is 0.410 e. The van der Waals surface area contributed by atoms with Crippen molar-refractivity contribution in [3.8, 4) is 0 Å². The average molecular weight is 311 g/mol. The van der Waals surface area contributed by atoms with E-state index in [4.69, 9.17) is 4.74 Å². The first kappa shape index (κ1) is 17.1. The maximum atomic E-state index is 12.1. The predicted molar refractivity (Wildman–Crippen MR) is 84.6 cm³/mol. The molecular formula is C16H29N3O3. The summed E-state index contributed by atoms with van der Waals surface area (Å²) in [5, 5.41) is 2.99. The van der Waals surface area contributed by atoms with Crippen molar-refractivity contribution in [2.45, 2.75) is 45.6 Å². The minimum atomic E-state index is -0.466. The van der Waals surface area contributed by atoms with Crippen LogP contribution in [0.5, 0.6) is 0 Å². The number of hydrogen-bond donors (Lipinski definition) is 1. The maximum absolute atomic E-state index is 12.1. The van der Waals surface area contributed by atoms with Crippen molar-refractivity contribution in [2.24, 2.45) is 5.92 Å². The summed E-state index contributed by atoms with van der Waals surface area (Å²) in [4.78, 5) is 27.8. The highest BCUT2D eigenvalue weighted by molar-refractivity contribution is 5.78. The van der Waals surface area contributed by atoms with E-state index in [9.17, 15) is 9.59 Å². The van der Waals surface area contributed by atoms with Gasteiger partial charge in [0.15, 0.2) is 0 Å². The van der Waals surface area contributed by atoms with Gasteiger partial charge in [-0.05, 0) is 46.0 Å². The summed E-state index contributed by atoms with van der Waals surface area (Å²) < 4.78 is 5.41. The van der Waals surface area contributed by atoms with Gasteiger partial charge in [-0.25, -0.2) is 4.79 Å². The Morgan fingerprint density at radius 1 is 1.14 bits per heavy atom. The number of hydrogen-bond acceptors (Lipinski definition) is 4. The number of carbonyl (C=O) groups excluding carboxylic acids is 2. The number of nitrogens with zero attached hydrogens (tertiary/aromatic N) is 2. The summed E-state index contributed by atoms with van der Waals surface area (Å²) >= 11 is 0. The molecule has 1 N–H and O–H groups in total. The van der Waals surface area contributed by atoms with Crippen molar-refractivity contribution in [2.75, 3.05) is 39.3 Å². The Morgan fingerprint density at radius 3 is 2.50 bits per heavy atom. The largest absolute Gasteiger partial charge is 0.444 e. The maximum Gasteiger partial charge on any atom is 0.410 e. The molecule has 0 aromatic carbocycles. The number of nitrogens with one attached hydrogen (secondary N) is 1. The zero-order chi connectivity index (χ0) is 16.2. The third kappa shape index (κ3) is 6.22. The quantitative estimate of drug-likeness (QED) is 0.854. The van der Waals surface area contributed by atoms with Crippen molar-refractivity contribution < 1.29 is 14.3 Å². The molecule has 2 aliphatic rings. The minimum Gasteiger partial charge on any atom is -0.444 e. The summed E-state index contributed by atoms with van der Waals surface area (Å²) in [5.41, 5.74) is -0.466. The molecule has 6 heteroatoms. The molecule has 1 saturated carbocycles. The monoisotopic (exact) mass is 311 g/mol. The van der Waals surface area contributed by atoms with Gasteiger partial charge in [-0.1, -0.05) is 0 Å². The predicted octanol–water partition coefficient (Wildman–Crippen LogP) is 1.46. The second-order valence-electron chi connectivity index (χ2n) is 7.34. The van der Waals surface area contributed by atoms with Crippen LogP contribution in [-0.4, -0.2) is 66.7 Å². The van der Waals surface area contributed by atoms with Gasteiger partial charge in [-0.2, -0.15) is 0 Å². The Bertz CT molecular complexity index is 402. The molecule has 6 nitrogen and oxygen atoms in total. The fraction of sp³-hybridized carbons (Fsp3) is 0.875. The SMILES string of the molecule is CC(C)(C)OC(=O)N1CCCN(CC(=O)NCC2CC2)CC1. The van der Waals surface area contributed by atoms with Crippen LogP contribution in [-0.2, 0) is 9.53 Å². The van der Waals surface area contributed by atoms with Crippen molar-refractivity contribution in [3.63, 3.8) is 0 Å². The number of amides is 2. The van der Waals surface area contributed by atoms with Crippen molar-refractivity contribution in [1.29, 1.82) is 0 Å². The first-order valence-corrected chi connectivity index (χ1v) is 8.30. The van der Waals surface area contributed by atoms with Crippen LogP contribution in [0.1, 0.15) is 40.0 Å². The Labute approximate surface area is 133 Å². The average Bonchev–Trinajstić information content (AvgIpc) is 3.22. The fourth-order valence-corrected chi connectivity index (χ4v) is 2.48. The molecule has 1 heterocycles. The number of ether oxygens (including phenoxy) is 1. The van der Waals surface area contributed by atoms with E-state index in [1.807, 2.05) is 20.8 Å². The van der Waals surface area contributed by atoms with Crippen LogP contribution in [0.4, 0.5) is 4.79 Å². The molecule has 2 fully saturated rings. The van der Waals surface area contributed by atoms with E-state index >= 15 is 0 Å². The van der Waals surface area contributed by atoms with Gasteiger partial charge in [0.25, 0.3) is 0 Å². The fourth-order valence-electron chi connectivity index (χ4n) is 2.48. The van der Waals surface area contributed by atoms with Crippen LogP contribution in [0.3, 0.4) is 0 Å². The lowest BCUT2D eigenvalue weighted by molar-refractivity contribution is -0.122. The summed E-state index contributed by atoms with van der Waals surface area (Å²) in [6.07, 6.45) is 3.10. The van der Waals surface area contributed by atoms with E-state index in [2.05, 4.69) is 10.2 Å². The molecule has 1 aliphatic heterocycles. The summed E-state index contributed by atoms with van der Waals surface area (Å²) in [6, 6.07) is 0. The van der Waals surface area contributed by atoms with Gasteiger partial charge >= 0.3 is 6.09 Å². The van der Waals surface area contributed by atoms with Crippen LogP contribution in [0.15, 0.2) is 0 Å². The molecule has 0 bridgehead atoms. The third-order valence-electron chi connectivity index (χ3n) is 3.89. The molecule has 0 spiro atoms. The highest BCUT2D eigenvalue weighted by Gasteiger charge is 2.25. The van der Waals surface area contributed by atoms with E-state index in [0.29, 0.717) is 25.6 Å². The van der Waals surface area contributed by atoms with Gasteiger partial charge in [0.2, 0.25) is 5.91 Å². The zero-order valence-electron chi connectivity index (χ0n) is 14.1. The third-order valence-corrected chi connectivity index (χ3v) is 3.89. The topological polar surface area (TPSA) is 61.9 Å². The molecule has 2 amide bonds. The van der Waals surface area contributed by atoms with E-state index in [0.717, 1.165) is 26.1 Å². The Balaban J connectivity index is 1.71. The van der Waals surface area contributed by atoms with Gasteiger partial charge in [-0.3, -0.25) is 9.69 Å². The molecule has 0 aromatic rings. The summed E-state index contributed by atoms with van der Waals surface area (Å²) in [5.74, 6) is 0.799. The van der Waals surface area contributed by atoms with Gasteiger partial charge in [0, 0.05) is 32.7 Å². The standard InChI is InChI=1S/C16H29N3O3/c1-16(2,3)22-15(21)19-8-4-7-18(9-10-19)12-14(20)17-11-13-5-6-13/h13H,4-12H2,1-3H3,(H,17,20). The molecule has 0 aromatic heterocycles. The second kappa shape index (κ2) is 7.31. The first-order chi connectivity index (χ1) is 10.3. The van der Waals surface area contributed by atoms with Crippen LogP contribution < -0.4 is 5.32 Å². The Morgan fingerprint density at radius 2 is 1.86 bits per heavy atom. The highest BCUT2D eigenvalue weighted by atomic mass is 16.6. The molecule has 0 radical (unpaired) electrons. The molecule has 0 atom stereocenters. The normalized spacial score (nSPS) is 20.4. The van der Waals surface area contributed by atoms with Gasteiger partial charge in [0.05, 0.1) is 6.54 Å². The van der Waals surface area contributed by atoms with Crippen molar-refractivity contribution >= 4 is 12.0 Å². The van der Waals surface area contributed by atoms with Crippen LogP contribution in [0, 0.1) is 5.92 Å². The molecule has 1 aliphatic carbocycles. The van der Waals surface area contributed by atoms with E-state index in [1.165, 1.54) is 12.8 Å². The molecule has 126 valence electrons. The highest BCUT2D eigenvalue weighted by Crippen LogP contribution is 2.27. The van der Waals surface area contributed by atoms with Gasteiger partial charge in [-0.15, -0.1) is 0 Å². The second-order valence-corrected chi connectivity index (χ2v) is 7.34. The zero-order valence-corrected chi connectivity index (χ0v) is 14.1. The molecule has 1 saturated heterocycles. The van der Waals surface area contributed by atoms with E-state index < -0.39 is 5.60 Å². The lowest BCUT2D eigenvalue weighted by Gasteiger charge is -2.26. The molecular weight excluding hydrogens is 282 g/mol. The van der Waals surface area contributed by atoms with Crippen LogP contribution >= 0.6 is 0 Å². The molecule has 0 unspecified atom stereocenters. The molecule has 22 heavy (non-hydrogen) atoms. The summed E-state index contributed by atoms with van der Waals surface area (Å²) in [6.45, 7) is 9.73. The van der Waals surface area contributed by atoms with Gasteiger partial charge < -0.3 is 15.0 Å². The van der Waals surface area contributed by atoms with Crippen LogP contribution in [0.25, 0.3) is 0 Å². The Kier molecular flexibility index (Phi) is 5.67. The lowest BCUT2D eigenvalue weighted by Crippen LogP contribution is -2.41. The van der Waals surface area contributed by atoms with Gasteiger partial charge in [0.1, 0.15) is 5.60 Å². The van der Waals surface area contributed by atoms with E-state index in [-0.39, 0.29) is 12.0 Å².